The van der Waals surface area contributed by atoms with Crippen LogP contribution < -0.4 is 21.5 Å². The Hall–Kier alpha value is -3.35. The van der Waals surface area contributed by atoms with Gasteiger partial charge in [0.15, 0.2) is 0 Å². The van der Waals surface area contributed by atoms with Crippen molar-refractivity contribution in [1.29, 1.82) is 0 Å². The number of rotatable bonds is 5. The fourth-order valence-electron chi connectivity index (χ4n) is 4.19. The highest BCUT2D eigenvalue weighted by Gasteiger charge is 2.16. The predicted molar refractivity (Wildman–Crippen MR) is 119 cm³/mol. The van der Waals surface area contributed by atoms with Crippen LogP contribution in [0.2, 0.25) is 0 Å². The van der Waals surface area contributed by atoms with E-state index in [1.165, 1.54) is 23.1 Å². The van der Waals surface area contributed by atoms with E-state index in [0.29, 0.717) is 16.6 Å². The topological polar surface area (TPSA) is 76.3 Å². The normalized spacial score (nSPS) is 13.7. The van der Waals surface area contributed by atoms with Crippen molar-refractivity contribution in [3.63, 3.8) is 0 Å². The summed E-state index contributed by atoms with van der Waals surface area (Å²) >= 11 is 0. The van der Waals surface area contributed by atoms with Crippen LogP contribution in [0.4, 0.5) is 11.4 Å². The van der Waals surface area contributed by atoms with Crippen molar-refractivity contribution in [2.45, 2.75) is 39.8 Å². The monoisotopic (exact) mass is 406 g/mol. The summed E-state index contributed by atoms with van der Waals surface area (Å²) in [6, 6.07) is 12.8. The van der Waals surface area contributed by atoms with E-state index in [2.05, 4.69) is 10.2 Å². The fraction of sp³-hybridized carbons (Fsp3) is 0.348. The van der Waals surface area contributed by atoms with Crippen molar-refractivity contribution in [2.24, 2.45) is 0 Å². The molecule has 1 fully saturated rings. The average molecular weight is 406 g/mol. The Balaban J connectivity index is 1.60. The second-order valence-electron chi connectivity index (χ2n) is 7.68. The van der Waals surface area contributed by atoms with Crippen LogP contribution in [-0.2, 0) is 17.9 Å². The number of nitrogens with one attached hydrogen (secondary N) is 1. The first-order valence-corrected chi connectivity index (χ1v) is 10.4. The lowest BCUT2D eigenvalue weighted by molar-refractivity contribution is -0.116. The van der Waals surface area contributed by atoms with Gasteiger partial charge in [-0.05, 0) is 62.6 Å². The molecule has 0 saturated carbocycles. The largest absolute Gasteiger partial charge is 0.371 e. The van der Waals surface area contributed by atoms with E-state index in [4.69, 9.17) is 0 Å². The first kappa shape index (κ1) is 19.9. The standard InChI is InChI=1S/C23H26N4O3/c1-3-26-22(29)18-8-4-5-9-20(18)27(23(26)30)15-21(28)24-17-10-11-19(16(2)14-17)25-12-6-7-13-25/h4-5,8-11,14H,3,6-7,12-13,15H2,1-2H3,(H,24,28). The lowest BCUT2D eigenvalue weighted by atomic mass is 10.1. The molecule has 7 heteroatoms. The fourth-order valence-corrected chi connectivity index (χ4v) is 4.19. The van der Waals surface area contributed by atoms with Crippen LogP contribution in [0.5, 0.6) is 0 Å². The van der Waals surface area contributed by atoms with E-state index in [1.54, 1.807) is 31.2 Å². The zero-order chi connectivity index (χ0) is 21.3. The Labute approximate surface area is 174 Å². The highest BCUT2D eigenvalue weighted by Crippen LogP contribution is 2.26. The number of hydrogen-bond donors (Lipinski definition) is 1. The minimum atomic E-state index is -0.475. The van der Waals surface area contributed by atoms with E-state index in [1.807, 2.05) is 25.1 Å². The molecule has 0 radical (unpaired) electrons. The highest BCUT2D eigenvalue weighted by molar-refractivity contribution is 5.92. The van der Waals surface area contributed by atoms with Gasteiger partial charge in [-0.25, -0.2) is 4.79 Å². The molecule has 1 amide bonds. The number of nitrogens with zero attached hydrogens (tertiary/aromatic N) is 3. The molecular weight excluding hydrogens is 380 g/mol. The molecule has 3 aromatic rings. The molecule has 1 aliphatic heterocycles. The summed E-state index contributed by atoms with van der Waals surface area (Å²) in [5.74, 6) is -0.308. The molecule has 1 aliphatic rings. The summed E-state index contributed by atoms with van der Waals surface area (Å²) in [5, 5.41) is 3.32. The molecule has 4 rings (SSSR count). The molecule has 0 unspecified atom stereocenters. The Bertz CT molecular complexity index is 1220. The molecule has 2 heterocycles. The van der Waals surface area contributed by atoms with Gasteiger partial charge in [-0.2, -0.15) is 0 Å². The first-order chi connectivity index (χ1) is 14.5. The van der Waals surface area contributed by atoms with Crippen molar-refractivity contribution in [2.75, 3.05) is 23.3 Å². The van der Waals surface area contributed by atoms with Crippen molar-refractivity contribution in [3.05, 3.63) is 68.9 Å². The molecule has 0 aliphatic carbocycles. The second-order valence-corrected chi connectivity index (χ2v) is 7.68. The number of hydrogen-bond acceptors (Lipinski definition) is 4. The van der Waals surface area contributed by atoms with E-state index in [-0.39, 0.29) is 24.6 Å². The molecule has 30 heavy (non-hydrogen) atoms. The van der Waals surface area contributed by atoms with Gasteiger partial charge in [0.05, 0.1) is 10.9 Å². The number of para-hydroxylation sites is 1. The number of aromatic nitrogens is 2. The number of aryl methyl sites for hydroxylation is 1. The van der Waals surface area contributed by atoms with Crippen LogP contribution in [0.25, 0.3) is 10.9 Å². The summed E-state index contributed by atoms with van der Waals surface area (Å²) in [6.07, 6.45) is 2.42. The zero-order valence-electron chi connectivity index (χ0n) is 17.4. The number of benzene rings is 2. The second kappa shape index (κ2) is 8.18. The smallest absolute Gasteiger partial charge is 0.331 e. The molecule has 0 bridgehead atoms. The van der Waals surface area contributed by atoms with E-state index >= 15 is 0 Å². The summed E-state index contributed by atoms with van der Waals surface area (Å²) in [6.45, 7) is 6.00. The molecule has 1 aromatic heterocycles. The van der Waals surface area contributed by atoms with Gasteiger partial charge in [0, 0.05) is 31.0 Å². The maximum Gasteiger partial charge on any atom is 0.331 e. The zero-order valence-corrected chi connectivity index (χ0v) is 17.4. The summed E-state index contributed by atoms with van der Waals surface area (Å²) in [5.41, 5.74) is 2.66. The van der Waals surface area contributed by atoms with Crippen molar-refractivity contribution in [3.8, 4) is 0 Å². The lowest BCUT2D eigenvalue weighted by Gasteiger charge is -2.21. The van der Waals surface area contributed by atoms with Gasteiger partial charge in [0.25, 0.3) is 5.56 Å². The number of amides is 1. The Morgan fingerprint density at radius 1 is 1.03 bits per heavy atom. The van der Waals surface area contributed by atoms with Crippen LogP contribution in [0, 0.1) is 6.92 Å². The molecule has 0 atom stereocenters. The highest BCUT2D eigenvalue weighted by atomic mass is 16.2. The maximum absolute atomic E-state index is 12.8. The maximum atomic E-state index is 12.8. The summed E-state index contributed by atoms with van der Waals surface area (Å²) in [4.78, 5) is 40.4. The Morgan fingerprint density at radius 2 is 1.77 bits per heavy atom. The third kappa shape index (κ3) is 3.63. The van der Waals surface area contributed by atoms with Crippen molar-refractivity contribution < 1.29 is 4.79 Å². The lowest BCUT2D eigenvalue weighted by Crippen LogP contribution is -2.41. The third-order valence-electron chi connectivity index (χ3n) is 5.68. The van der Waals surface area contributed by atoms with Gasteiger partial charge < -0.3 is 10.2 Å². The van der Waals surface area contributed by atoms with Gasteiger partial charge in [0.2, 0.25) is 5.91 Å². The van der Waals surface area contributed by atoms with Gasteiger partial charge in [-0.15, -0.1) is 0 Å². The van der Waals surface area contributed by atoms with E-state index < -0.39 is 5.69 Å². The third-order valence-corrected chi connectivity index (χ3v) is 5.68. The quantitative estimate of drug-likeness (QED) is 0.707. The van der Waals surface area contributed by atoms with Crippen LogP contribution in [0.1, 0.15) is 25.3 Å². The minimum absolute atomic E-state index is 0.160. The molecular formula is C23H26N4O3. The Morgan fingerprint density at radius 3 is 2.47 bits per heavy atom. The average Bonchev–Trinajstić information content (AvgIpc) is 3.26. The van der Waals surface area contributed by atoms with Gasteiger partial charge >= 0.3 is 5.69 Å². The molecule has 2 aromatic carbocycles. The van der Waals surface area contributed by atoms with Crippen LogP contribution in [-0.4, -0.2) is 28.1 Å². The van der Waals surface area contributed by atoms with E-state index in [0.717, 1.165) is 23.2 Å². The molecule has 1 saturated heterocycles. The molecule has 1 N–H and O–H groups in total. The van der Waals surface area contributed by atoms with Crippen LogP contribution in [0.3, 0.4) is 0 Å². The van der Waals surface area contributed by atoms with Crippen molar-refractivity contribution >= 4 is 28.2 Å². The minimum Gasteiger partial charge on any atom is -0.371 e. The van der Waals surface area contributed by atoms with Crippen LogP contribution >= 0.6 is 0 Å². The number of fused-ring (bicyclic) bond motifs is 1. The molecule has 0 spiro atoms. The van der Waals surface area contributed by atoms with Crippen LogP contribution in [0.15, 0.2) is 52.1 Å². The number of carbonyl (C=O) groups excluding carboxylic acids is 1. The number of anilines is 2. The molecule has 7 nitrogen and oxygen atoms in total. The summed E-state index contributed by atoms with van der Waals surface area (Å²) in [7, 11) is 0. The van der Waals surface area contributed by atoms with Gasteiger partial charge in [-0.3, -0.25) is 18.7 Å². The number of carbonyl (C=O) groups is 1. The Kier molecular flexibility index (Phi) is 5.44. The van der Waals surface area contributed by atoms with Crippen molar-refractivity contribution in [1.82, 2.24) is 9.13 Å². The predicted octanol–water partition coefficient (Wildman–Crippen LogP) is 2.73. The van der Waals surface area contributed by atoms with Gasteiger partial charge in [0.1, 0.15) is 6.54 Å². The van der Waals surface area contributed by atoms with E-state index in [9.17, 15) is 14.4 Å². The SMILES string of the molecule is CCn1c(=O)c2ccccc2n(CC(=O)Nc2ccc(N3CCCC3)c(C)c2)c1=O. The summed E-state index contributed by atoms with van der Waals surface area (Å²) < 4.78 is 2.52. The molecule has 156 valence electrons. The first-order valence-electron chi connectivity index (χ1n) is 10.4. The van der Waals surface area contributed by atoms with Gasteiger partial charge in [-0.1, -0.05) is 12.1 Å².